The van der Waals surface area contributed by atoms with Crippen molar-refractivity contribution in [2.75, 3.05) is 23.4 Å². The number of fused-ring (bicyclic) bond motifs is 1. The Kier molecular flexibility index (Phi) is 6.78. The number of benzene rings is 1. The fourth-order valence-corrected chi connectivity index (χ4v) is 7.31. The molecule has 1 fully saturated rings. The Hall–Kier alpha value is -2.10. The molecule has 1 aromatic carbocycles. The number of rotatable bonds is 6. The molecule has 0 saturated carbocycles. The van der Waals surface area contributed by atoms with E-state index in [1.807, 2.05) is 0 Å². The largest absolute Gasteiger partial charge is 0.484 e. The maximum atomic E-state index is 13.1. The number of nitrogens with one attached hydrogen (secondary N) is 2. The third kappa shape index (κ3) is 5.44. The number of amides is 2. The van der Waals surface area contributed by atoms with Crippen molar-refractivity contribution < 1.29 is 22.7 Å². The van der Waals surface area contributed by atoms with E-state index >= 15 is 0 Å². The predicted octanol–water partition coefficient (Wildman–Crippen LogP) is 3.46. The van der Waals surface area contributed by atoms with E-state index in [0.29, 0.717) is 33.7 Å². The van der Waals surface area contributed by atoms with Crippen molar-refractivity contribution in [3.8, 4) is 5.75 Å². The van der Waals surface area contributed by atoms with Gasteiger partial charge < -0.3 is 15.4 Å². The highest BCUT2D eigenvalue weighted by molar-refractivity contribution is 7.91. The Morgan fingerprint density at radius 3 is 2.66 bits per heavy atom. The minimum absolute atomic E-state index is 0.0429. The molecule has 2 aliphatic rings. The average molecular weight is 497 g/mol. The van der Waals surface area contributed by atoms with Crippen LogP contribution in [0.2, 0.25) is 5.02 Å². The van der Waals surface area contributed by atoms with Gasteiger partial charge in [-0.05, 0) is 61.4 Å². The van der Waals surface area contributed by atoms with Gasteiger partial charge >= 0.3 is 0 Å². The molecule has 1 aliphatic heterocycles. The van der Waals surface area contributed by atoms with Crippen molar-refractivity contribution in [3.63, 3.8) is 0 Å². The molecule has 1 aliphatic carbocycles. The zero-order valence-electron chi connectivity index (χ0n) is 17.6. The van der Waals surface area contributed by atoms with Crippen molar-refractivity contribution in [2.24, 2.45) is 5.92 Å². The molecule has 2 amide bonds. The fraction of sp³-hybridized carbons (Fsp3) is 0.455. The molecule has 2 heterocycles. The second-order valence-corrected chi connectivity index (χ2v) is 12.2. The van der Waals surface area contributed by atoms with Crippen LogP contribution in [0.25, 0.3) is 0 Å². The molecule has 172 valence electrons. The summed E-state index contributed by atoms with van der Waals surface area (Å²) in [4.78, 5) is 26.8. The van der Waals surface area contributed by atoms with E-state index in [-0.39, 0.29) is 29.9 Å². The summed E-state index contributed by atoms with van der Waals surface area (Å²) in [7, 11) is -3.11. The smallest absolute Gasteiger partial charge is 0.262 e. The van der Waals surface area contributed by atoms with Crippen molar-refractivity contribution in [1.29, 1.82) is 0 Å². The van der Waals surface area contributed by atoms with Crippen LogP contribution in [0.1, 0.15) is 40.6 Å². The third-order valence-corrected chi connectivity index (χ3v) is 8.93. The number of ether oxygens (including phenoxy) is 1. The van der Waals surface area contributed by atoms with Crippen LogP contribution in [0.4, 0.5) is 5.00 Å². The number of thiophene rings is 1. The van der Waals surface area contributed by atoms with Crippen LogP contribution in [0.3, 0.4) is 0 Å². The molecule has 2 aromatic rings. The Morgan fingerprint density at radius 1 is 1.22 bits per heavy atom. The minimum Gasteiger partial charge on any atom is -0.484 e. The van der Waals surface area contributed by atoms with E-state index in [2.05, 4.69) is 17.6 Å². The molecule has 0 spiro atoms. The van der Waals surface area contributed by atoms with E-state index in [9.17, 15) is 18.0 Å². The molecule has 2 atom stereocenters. The van der Waals surface area contributed by atoms with E-state index in [1.165, 1.54) is 11.3 Å². The molecule has 4 rings (SSSR count). The predicted molar refractivity (Wildman–Crippen MR) is 126 cm³/mol. The van der Waals surface area contributed by atoms with Crippen molar-refractivity contribution in [1.82, 2.24) is 5.32 Å². The summed E-state index contributed by atoms with van der Waals surface area (Å²) >= 11 is 7.28. The van der Waals surface area contributed by atoms with Gasteiger partial charge in [0.15, 0.2) is 16.4 Å². The van der Waals surface area contributed by atoms with Crippen LogP contribution in [-0.2, 0) is 27.5 Å². The molecular weight excluding hydrogens is 472 g/mol. The Balaban J connectivity index is 1.49. The highest BCUT2D eigenvalue weighted by atomic mass is 35.5. The Labute approximate surface area is 196 Å². The molecule has 0 unspecified atom stereocenters. The molecular formula is C22H25ClN2O5S2. The lowest BCUT2D eigenvalue weighted by atomic mass is 9.88. The topological polar surface area (TPSA) is 102 Å². The van der Waals surface area contributed by atoms with Gasteiger partial charge in [-0.15, -0.1) is 11.3 Å². The van der Waals surface area contributed by atoms with E-state index in [4.69, 9.17) is 16.3 Å². The highest BCUT2D eigenvalue weighted by Crippen LogP contribution is 2.39. The van der Waals surface area contributed by atoms with Crippen LogP contribution in [0.5, 0.6) is 5.75 Å². The third-order valence-electron chi connectivity index (χ3n) is 5.74. The molecule has 0 bridgehead atoms. The first-order chi connectivity index (χ1) is 15.2. The molecule has 1 saturated heterocycles. The second kappa shape index (κ2) is 9.41. The van der Waals surface area contributed by atoms with Gasteiger partial charge in [-0.1, -0.05) is 18.5 Å². The first kappa shape index (κ1) is 23.1. The van der Waals surface area contributed by atoms with Crippen LogP contribution in [0.15, 0.2) is 24.3 Å². The number of carbonyl (C=O) groups is 2. The lowest BCUT2D eigenvalue weighted by Crippen LogP contribution is -2.36. The van der Waals surface area contributed by atoms with E-state index in [1.54, 1.807) is 24.3 Å². The summed E-state index contributed by atoms with van der Waals surface area (Å²) in [5.41, 5.74) is 1.42. The van der Waals surface area contributed by atoms with Gasteiger partial charge in [0.05, 0.1) is 17.1 Å². The normalized spacial score (nSPS) is 21.6. The standard InChI is InChI=1S/C22H25ClN2O5S2/c1-13-2-7-17-18(10-13)31-22(20(17)21(27)24-15-8-9-32(28,29)12-15)25-19(26)11-30-16-5-3-14(23)4-6-16/h3-6,13,15H,2,7-12H2,1H3,(H,24,27)(H,25,26)/t13-,15-/m1/s1. The molecule has 1 aromatic heterocycles. The van der Waals surface area contributed by atoms with Crippen LogP contribution in [-0.4, -0.2) is 44.4 Å². The molecule has 2 N–H and O–H groups in total. The first-order valence-corrected chi connectivity index (χ1v) is 13.6. The number of sulfone groups is 1. The van der Waals surface area contributed by atoms with Gasteiger partial charge in [-0.2, -0.15) is 0 Å². The number of hydrogen-bond donors (Lipinski definition) is 2. The summed E-state index contributed by atoms with van der Waals surface area (Å²) in [6, 6.07) is 6.30. The van der Waals surface area contributed by atoms with Gasteiger partial charge in [0, 0.05) is 15.9 Å². The zero-order valence-corrected chi connectivity index (χ0v) is 20.0. The maximum Gasteiger partial charge on any atom is 0.262 e. The highest BCUT2D eigenvalue weighted by Gasteiger charge is 2.33. The number of halogens is 1. The van der Waals surface area contributed by atoms with Crippen LogP contribution < -0.4 is 15.4 Å². The zero-order chi connectivity index (χ0) is 22.9. The van der Waals surface area contributed by atoms with Gasteiger partial charge in [0.25, 0.3) is 11.8 Å². The summed E-state index contributed by atoms with van der Waals surface area (Å²) in [5, 5.41) is 6.77. The summed E-state index contributed by atoms with van der Waals surface area (Å²) in [6.07, 6.45) is 2.99. The molecule has 0 radical (unpaired) electrons. The average Bonchev–Trinajstić information content (AvgIpc) is 3.25. The van der Waals surface area contributed by atoms with Crippen LogP contribution >= 0.6 is 22.9 Å². The molecule has 32 heavy (non-hydrogen) atoms. The lowest BCUT2D eigenvalue weighted by molar-refractivity contribution is -0.118. The summed E-state index contributed by atoms with van der Waals surface area (Å²) in [5.74, 6) is 0.372. The fourth-order valence-electron chi connectivity index (χ4n) is 4.09. The molecule has 10 heteroatoms. The van der Waals surface area contributed by atoms with Crippen molar-refractivity contribution in [2.45, 2.75) is 38.6 Å². The van der Waals surface area contributed by atoms with Gasteiger partial charge in [0.2, 0.25) is 0 Å². The Morgan fingerprint density at radius 2 is 1.97 bits per heavy atom. The number of hydrogen-bond acceptors (Lipinski definition) is 6. The first-order valence-electron chi connectivity index (χ1n) is 10.5. The summed E-state index contributed by atoms with van der Waals surface area (Å²) < 4.78 is 29.1. The van der Waals surface area contributed by atoms with Gasteiger partial charge in [-0.3, -0.25) is 9.59 Å². The van der Waals surface area contributed by atoms with E-state index in [0.717, 1.165) is 29.7 Å². The number of carbonyl (C=O) groups excluding carboxylic acids is 2. The maximum absolute atomic E-state index is 13.1. The van der Waals surface area contributed by atoms with E-state index < -0.39 is 15.9 Å². The van der Waals surface area contributed by atoms with Gasteiger partial charge in [-0.25, -0.2) is 8.42 Å². The van der Waals surface area contributed by atoms with Crippen molar-refractivity contribution >= 4 is 49.6 Å². The minimum atomic E-state index is -3.11. The lowest BCUT2D eigenvalue weighted by Gasteiger charge is -2.19. The van der Waals surface area contributed by atoms with Gasteiger partial charge in [0.1, 0.15) is 10.8 Å². The summed E-state index contributed by atoms with van der Waals surface area (Å²) in [6.45, 7) is 1.96. The SMILES string of the molecule is C[C@@H]1CCc2c(sc(NC(=O)COc3ccc(Cl)cc3)c2C(=O)N[C@@H]2CCS(=O)(=O)C2)C1. The van der Waals surface area contributed by atoms with Crippen LogP contribution in [0, 0.1) is 5.92 Å². The number of anilines is 1. The molecule has 7 nitrogen and oxygen atoms in total. The van der Waals surface area contributed by atoms with Crippen molar-refractivity contribution in [3.05, 3.63) is 45.3 Å². The second-order valence-electron chi connectivity index (χ2n) is 8.42. The Bertz CT molecular complexity index is 1130. The quantitative estimate of drug-likeness (QED) is 0.637. The monoisotopic (exact) mass is 496 g/mol.